The molecule has 1 aliphatic heterocycles. The van der Waals surface area contributed by atoms with Crippen molar-refractivity contribution in [2.75, 3.05) is 13.1 Å². The maximum Gasteiger partial charge on any atom is 0.223 e. The van der Waals surface area contributed by atoms with Gasteiger partial charge in [0.15, 0.2) is 0 Å². The molecule has 1 aromatic rings. The van der Waals surface area contributed by atoms with E-state index < -0.39 is 0 Å². The molecule has 21 heavy (non-hydrogen) atoms. The Balaban J connectivity index is 1.77. The molecule has 0 aromatic heterocycles. The normalized spacial score (nSPS) is 23.4. The van der Waals surface area contributed by atoms with E-state index in [2.05, 4.69) is 17.6 Å². The number of carbonyl (C=O) groups is 1. The number of carbonyl (C=O) groups excluding carboxylic acids is 1. The van der Waals surface area contributed by atoms with Gasteiger partial charge in [-0.2, -0.15) is 0 Å². The molecule has 4 nitrogen and oxygen atoms in total. The molecular weight excluding hydrogens is 288 g/mol. The zero-order chi connectivity index (χ0) is 15.2. The van der Waals surface area contributed by atoms with Gasteiger partial charge in [0, 0.05) is 12.0 Å². The fourth-order valence-electron chi connectivity index (χ4n) is 2.56. The first-order valence-corrected chi connectivity index (χ1v) is 7.86. The van der Waals surface area contributed by atoms with E-state index in [1.54, 1.807) is 6.07 Å². The van der Waals surface area contributed by atoms with E-state index in [1.165, 1.54) is 0 Å². The van der Waals surface area contributed by atoms with E-state index in [9.17, 15) is 4.79 Å². The van der Waals surface area contributed by atoms with Crippen molar-refractivity contribution in [3.8, 4) is 5.75 Å². The Kier molecular flexibility index (Phi) is 5.88. The van der Waals surface area contributed by atoms with Gasteiger partial charge in [-0.3, -0.25) is 4.79 Å². The summed E-state index contributed by atoms with van der Waals surface area (Å²) in [5.41, 5.74) is 0. The molecule has 1 heterocycles. The van der Waals surface area contributed by atoms with Gasteiger partial charge in [-0.1, -0.05) is 23.7 Å². The van der Waals surface area contributed by atoms with E-state index in [-0.39, 0.29) is 17.9 Å². The van der Waals surface area contributed by atoms with Gasteiger partial charge in [0.05, 0.1) is 11.6 Å². The van der Waals surface area contributed by atoms with Crippen molar-refractivity contribution < 1.29 is 9.53 Å². The lowest BCUT2D eigenvalue weighted by molar-refractivity contribution is -0.126. The average molecular weight is 311 g/mol. The fraction of sp³-hybridized carbons (Fsp3) is 0.562. The Morgan fingerprint density at radius 3 is 3.00 bits per heavy atom. The third-order valence-corrected chi connectivity index (χ3v) is 4.04. The summed E-state index contributed by atoms with van der Waals surface area (Å²) in [7, 11) is 0. The maximum absolute atomic E-state index is 12.1. The highest BCUT2D eigenvalue weighted by Gasteiger charge is 2.24. The molecule has 5 heteroatoms. The monoisotopic (exact) mass is 310 g/mol. The van der Waals surface area contributed by atoms with Crippen LogP contribution in [0.5, 0.6) is 5.75 Å². The first kappa shape index (κ1) is 16.1. The van der Waals surface area contributed by atoms with Crippen LogP contribution in [0, 0.1) is 5.92 Å². The van der Waals surface area contributed by atoms with E-state index >= 15 is 0 Å². The molecule has 116 valence electrons. The smallest absolute Gasteiger partial charge is 0.223 e. The molecule has 0 spiro atoms. The van der Waals surface area contributed by atoms with E-state index in [0.29, 0.717) is 23.4 Å². The van der Waals surface area contributed by atoms with Crippen LogP contribution in [-0.4, -0.2) is 31.1 Å². The molecule has 0 aliphatic carbocycles. The van der Waals surface area contributed by atoms with Crippen molar-refractivity contribution in [3.05, 3.63) is 29.3 Å². The van der Waals surface area contributed by atoms with Crippen LogP contribution in [0.3, 0.4) is 0 Å². The third kappa shape index (κ3) is 4.90. The van der Waals surface area contributed by atoms with Gasteiger partial charge in [0.1, 0.15) is 11.9 Å². The molecule has 0 saturated carbocycles. The molecule has 1 amide bonds. The largest absolute Gasteiger partial charge is 0.487 e. The summed E-state index contributed by atoms with van der Waals surface area (Å²) in [5.74, 6) is 0.878. The van der Waals surface area contributed by atoms with Gasteiger partial charge in [-0.25, -0.2) is 0 Å². The van der Waals surface area contributed by atoms with Gasteiger partial charge in [-0.05, 0) is 45.4 Å². The summed E-state index contributed by atoms with van der Waals surface area (Å²) in [5, 5.41) is 6.91. The lowest BCUT2D eigenvalue weighted by Crippen LogP contribution is -2.44. The Labute approximate surface area is 131 Å². The molecule has 1 aliphatic rings. The minimum atomic E-state index is -0.118. The number of halogens is 1. The summed E-state index contributed by atoms with van der Waals surface area (Å²) in [6.07, 6.45) is 1.68. The summed E-state index contributed by atoms with van der Waals surface area (Å²) < 4.78 is 5.74. The number of piperidine rings is 1. The molecule has 3 atom stereocenters. The molecule has 1 saturated heterocycles. The van der Waals surface area contributed by atoms with Gasteiger partial charge in [-0.15, -0.1) is 0 Å². The predicted octanol–water partition coefficient (Wildman–Crippen LogP) is 2.61. The molecule has 2 N–H and O–H groups in total. The minimum absolute atomic E-state index is 0.105. The summed E-state index contributed by atoms with van der Waals surface area (Å²) in [6, 6.07) is 7.77. The summed E-state index contributed by atoms with van der Waals surface area (Å²) >= 11 is 6.05. The molecule has 1 unspecified atom stereocenters. The lowest BCUT2D eigenvalue weighted by atomic mass is 9.92. The Hall–Kier alpha value is -1.26. The second-order valence-corrected chi connectivity index (χ2v) is 6.09. The van der Waals surface area contributed by atoms with Crippen molar-refractivity contribution in [1.29, 1.82) is 0 Å². The van der Waals surface area contributed by atoms with E-state index in [0.717, 1.165) is 19.4 Å². The van der Waals surface area contributed by atoms with Crippen LogP contribution in [0.2, 0.25) is 5.02 Å². The molecule has 1 fully saturated rings. The quantitative estimate of drug-likeness (QED) is 0.879. The zero-order valence-corrected chi connectivity index (χ0v) is 13.3. The molecule has 0 bridgehead atoms. The van der Waals surface area contributed by atoms with Gasteiger partial charge >= 0.3 is 0 Å². The number of amides is 1. The van der Waals surface area contributed by atoms with Crippen LogP contribution in [0.15, 0.2) is 24.3 Å². The van der Waals surface area contributed by atoms with Crippen molar-refractivity contribution in [2.45, 2.75) is 38.8 Å². The number of benzene rings is 1. The van der Waals surface area contributed by atoms with Crippen LogP contribution >= 0.6 is 11.6 Å². The molecular formula is C16H23ClN2O2. The SMILES string of the molecule is CC(CNC(=O)[C@H]1CCN[C@@H](C)C1)Oc1ccccc1Cl. The lowest BCUT2D eigenvalue weighted by Gasteiger charge is -2.27. The standard InChI is InChI=1S/C16H23ClN2O2/c1-11-9-13(7-8-18-11)16(20)19-10-12(2)21-15-6-4-3-5-14(15)17/h3-6,11-13,18H,7-10H2,1-2H3,(H,19,20)/t11-,12?,13-/m0/s1. The highest BCUT2D eigenvalue weighted by Crippen LogP contribution is 2.24. The minimum Gasteiger partial charge on any atom is -0.487 e. The third-order valence-electron chi connectivity index (χ3n) is 3.72. The van der Waals surface area contributed by atoms with Crippen molar-refractivity contribution >= 4 is 17.5 Å². The second-order valence-electron chi connectivity index (χ2n) is 5.68. The number of ether oxygens (including phenoxy) is 1. The van der Waals surface area contributed by atoms with Crippen LogP contribution in [0.25, 0.3) is 0 Å². The van der Waals surface area contributed by atoms with Crippen molar-refractivity contribution in [2.24, 2.45) is 5.92 Å². The van der Waals surface area contributed by atoms with Crippen LogP contribution in [-0.2, 0) is 4.79 Å². The highest BCUT2D eigenvalue weighted by molar-refractivity contribution is 6.32. The predicted molar refractivity (Wildman–Crippen MR) is 84.7 cm³/mol. The first-order chi connectivity index (χ1) is 10.1. The summed E-state index contributed by atoms with van der Waals surface area (Å²) in [6.45, 7) is 5.44. The number of rotatable bonds is 5. The number of nitrogens with one attached hydrogen (secondary N) is 2. The first-order valence-electron chi connectivity index (χ1n) is 7.48. The Morgan fingerprint density at radius 2 is 2.29 bits per heavy atom. The van der Waals surface area contributed by atoms with Gasteiger partial charge < -0.3 is 15.4 Å². The highest BCUT2D eigenvalue weighted by atomic mass is 35.5. The molecule has 2 rings (SSSR count). The number of hydrogen-bond acceptors (Lipinski definition) is 3. The van der Waals surface area contributed by atoms with Crippen molar-refractivity contribution in [1.82, 2.24) is 10.6 Å². The summed E-state index contributed by atoms with van der Waals surface area (Å²) in [4.78, 5) is 12.1. The maximum atomic E-state index is 12.1. The fourth-order valence-corrected chi connectivity index (χ4v) is 2.74. The number of hydrogen-bond donors (Lipinski definition) is 2. The van der Waals surface area contributed by atoms with Crippen molar-refractivity contribution in [3.63, 3.8) is 0 Å². The zero-order valence-electron chi connectivity index (χ0n) is 12.6. The average Bonchev–Trinajstić information content (AvgIpc) is 2.47. The van der Waals surface area contributed by atoms with E-state index in [4.69, 9.17) is 16.3 Å². The van der Waals surface area contributed by atoms with Gasteiger partial charge in [0.2, 0.25) is 5.91 Å². The Morgan fingerprint density at radius 1 is 1.52 bits per heavy atom. The second kappa shape index (κ2) is 7.66. The van der Waals surface area contributed by atoms with Crippen LogP contribution < -0.4 is 15.4 Å². The number of para-hydroxylation sites is 1. The molecule has 0 radical (unpaired) electrons. The van der Waals surface area contributed by atoms with Crippen LogP contribution in [0.4, 0.5) is 0 Å². The topological polar surface area (TPSA) is 50.4 Å². The molecule has 1 aromatic carbocycles. The van der Waals surface area contributed by atoms with Crippen LogP contribution in [0.1, 0.15) is 26.7 Å². The van der Waals surface area contributed by atoms with Gasteiger partial charge in [0.25, 0.3) is 0 Å². The van der Waals surface area contributed by atoms with E-state index in [1.807, 2.05) is 25.1 Å². The Bertz CT molecular complexity index is 481.